The lowest BCUT2D eigenvalue weighted by atomic mass is 10.3. The van der Waals surface area contributed by atoms with E-state index >= 15 is 0 Å². The highest BCUT2D eigenvalue weighted by atomic mass is 28.4. The van der Waals surface area contributed by atoms with Gasteiger partial charge in [0.1, 0.15) is 0 Å². The van der Waals surface area contributed by atoms with Crippen LogP contribution in [0.2, 0.25) is 6.04 Å². The van der Waals surface area contributed by atoms with Gasteiger partial charge in [0.25, 0.3) is 0 Å². The smallest absolute Gasteiger partial charge is 0.469 e. The highest BCUT2D eigenvalue weighted by Crippen LogP contribution is 2.14. The van der Waals surface area contributed by atoms with Crippen molar-refractivity contribution in [3.63, 3.8) is 0 Å². The number of rotatable bonds is 12. The van der Waals surface area contributed by atoms with Crippen LogP contribution >= 0.6 is 0 Å². The fourth-order valence-corrected chi connectivity index (χ4v) is 3.59. The molecule has 0 atom stereocenters. The van der Waals surface area contributed by atoms with Crippen LogP contribution in [0.15, 0.2) is 0 Å². The van der Waals surface area contributed by atoms with Gasteiger partial charge >= 0.3 is 20.7 Å². The Morgan fingerprint density at radius 3 is 1.50 bits per heavy atom. The number of nitrogens with zero attached hydrogens (tertiary/aromatic N) is 1. The maximum absolute atomic E-state index is 11.3. The molecular formula is C13H27NO7Si. The molecule has 0 aromatic carbocycles. The van der Waals surface area contributed by atoms with Crippen LogP contribution in [0.4, 0.5) is 0 Å². The lowest BCUT2D eigenvalue weighted by Crippen LogP contribution is -2.46. The van der Waals surface area contributed by atoms with Crippen molar-refractivity contribution in [2.45, 2.75) is 18.9 Å². The SMILES string of the molecule is COC(=O)CCN(CCC(=O)OC)CC[Si](OC)(OC)OC. The van der Waals surface area contributed by atoms with E-state index < -0.39 is 8.80 Å². The second kappa shape index (κ2) is 11.5. The van der Waals surface area contributed by atoms with Crippen LogP contribution in [-0.2, 0) is 32.3 Å². The number of ether oxygens (including phenoxy) is 2. The molecule has 0 amide bonds. The molecule has 22 heavy (non-hydrogen) atoms. The number of carbonyl (C=O) groups is 2. The maximum Gasteiger partial charge on any atom is 0.501 e. The molecule has 0 N–H and O–H groups in total. The van der Waals surface area contributed by atoms with Crippen molar-refractivity contribution in [3.8, 4) is 0 Å². The number of hydrogen-bond donors (Lipinski definition) is 0. The van der Waals surface area contributed by atoms with Gasteiger partial charge < -0.3 is 27.7 Å². The molecule has 0 spiro atoms. The molecule has 0 aliphatic carbocycles. The van der Waals surface area contributed by atoms with Crippen molar-refractivity contribution < 1.29 is 32.3 Å². The van der Waals surface area contributed by atoms with E-state index in [2.05, 4.69) is 9.47 Å². The molecule has 0 aromatic rings. The van der Waals surface area contributed by atoms with Gasteiger partial charge in [-0.2, -0.15) is 0 Å². The average molecular weight is 337 g/mol. The standard InChI is InChI=1S/C13H27NO7Si/c1-17-12(15)6-8-14(9-7-13(16)18-2)10-11-22(19-3,20-4)21-5/h6-11H2,1-5H3. The lowest BCUT2D eigenvalue weighted by molar-refractivity contribution is -0.141. The third-order valence-electron chi connectivity index (χ3n) is 3.39. The Labute approximate surface area is 133 Å². The van der Waals surface area contributed by atoms with Crippen LogP contribution in [0, 0.1) is 0 Å². The van der Waals surface area contributed by atoms with Crippen molar-refractivity contribution in [1.29, 1.82) is 0 Å². The molecule has 0 bridgehead atoms. The molecule has 0 rings (SSSR count). The summed E-state index contributed by atoms with van der Waals surface area (Å²) in [5.41, 5.74) is 0. The highest BCUT2D eigenvalue weighted by Gasteiger charge is 2.37. The molecule has 0 heterocycles. The Balaban J connectivity index is 4.55. The van der Waals surface area contributed by atoms with Crippen LogP contribution in [0.25, 0.3) is 0 Å². The third-order valence-corrected chi connectivity index (χ3v) is 6.09. The zero-order valence-electron chi connectivity index (χ0n) is 14.0. The summed E-state index contributed by atoms with van der Waals surface area (Å²) < 4.78 is 25.4. The van der Waals surface area contributed by atoms with Gasteiger partial charge in [-0.05, 0) is 0 Å². The summed E-state index contributed by atoms with van der Waals surface area (Å²) in [5, 5.41) is 0. The number of methoxy groups -OCH3 is 2. The molecule has 0 saturated heterocycles. The van der Waals surface area contributed by atoms with E-state index in [9.17, 15) is 9.59 Å². The minimum absolute atomic E-state index is 0.249. The van der Waals surface area contributed by atoms with Gasteiger partial charge in [-0.3, -0.25) is 9.59 Å². The molecule has 0 aliphatic heterocycles. The number of hydrogen-bond acceptors (Lipinski definition) is 8. The van der Waals surface area contributed by atoms with Crippen LogP contribution < -0.4 is 0 Å². The molecule has 0 fully saturated rings. The summed E-state index contributed by atoms with van der Waals surface area (Å²) in [6.07, 6.45) is 0.498. The van der Waals surface area contributed by atoms with E-state index in [4.69, 9.17) is 13.3 Å². The predicted octanol–water partition coefficient (Wildman–Crippen LogP) is 0.293. The molecular weight excluding hydrogens is 310 g/mol. The van der Waals surface area contributed by atoms with Crippen molar-refractivity contribution in [3.05, 3.63) is 0 Å². The van der Waals surface area contributed by atoms with Crippen molar-refractivity contribution >= 4 is 20.7 Å². The zero-order valence-corrected chi connectivity index (χ0v) is 15.0. The Morgan fingerprint density at radius 1 is 0.773 bits per heavy atom. The van der Waals surface area contributed by atoms with Gasteiger partial charge in [-0.1, -0.05) is 0 Å². The van der Waals surface area contributed by atoms with E-state index in [0.29, 0.717) is 25.7 Å². The second-order valence-corrected chi connectivity index (χ2v) is 7.63. The topological polar surface area (TPSA) is 83.5 Å². The van der Waals surface area contributed by atoms with Gasteiger partial charge in [-0.15, -0.1) is 0 Å². The molecule has 0 aliphatic rings. The van der Waals surface area contributed by atoms with Crippen LogP contribution in [-0.4, -0.2) is 80.8 Å². The Bertz CT molecular complexity index is 308. The van der Waals surface area contributed by atoms with Crippen molar-refractivity contribution in [1.82, 2.24) is 4.90 Å². The van der Waals surface area contributed by atoms with E-state index in [1.807, 2.05) is 4.90 Å². The minimum Gasteiger partial charge on any atom is -0.469 e. The first kappa shape index (κ1) is 21.0. The summed E-state index contributed by atoms with van der Waals surface area (Å²) in [6, 6.07) is 0.554. The third kappa shape index (κ3) is 7.85. The molecule has 0 aromatic heterocycles. The summed E-state index contributed by atoms with van der Waals surface area (Å²) in [5.74, 6) is -0.589. The summed E-state index contributed by atoms with van der Waals surface area (Å²) >= 11 is 0. The van der Waals surface area contributed by atoms with Gasteiger partial charge in [0.15, 0.2) is 0 Å². The summed E-state index contributed by atoms with van der Waals surface area (Å²) in [4.78, 5) is 24.5. The van der Waals surface area contributed by atoms with Gasteiger partial charge in [0, 0.05) is 47.0 Å². The predicted molar refractivity (Wildman–Crippen MR) is 81.3 cm³/mol. The average Bonchev–Trinajstić information content (AvgIpc) is 2.57. The van der Waals surface area contributed by atoms with Gasteiger partial charge in [0.05, 0.1) is 27.1 Å². The molecule has 9 heteroatoms. The Morgan fingerprint density at radius 2 is 1.18 bits per heavy atom. The number of carbonyl (C=O) groups excluding carboxylic acids is 2. The molecule has 0 unspecified atom stereocenters. The first-order valence-corrected chi connectivity index (χ1v) is 8.91. The van der Waals surface area contributed by atoms with E-state index in [1.165, 1.54) is 14.2 Å². The van der Waals surface area contributed by atoms with E-state index in [0.717, 1.165) is 0 Å². The van der Waals surface area contributed by atoms with E-state index in [-0.39, 0.29) is 24.8 Å². The normalized spacial score (nSPS) is 11.5. The van der Waals surface area contributed by atoms with E-state index in [1.54, 1.807) is 21.3 Å². The number of esters is 2. The molecule has 130 valence electrons. The maximum atomic E-state index is 11.3. The zero-order chi connectivity index (χ0) is 17.0. The van der Waals surface area contributed by atoms with Crippen LogP contribution in [0.1, 0.15) is 12.8 Å². The second-order valence-electron chi connectivity index (χ2n) is 4.54. The first-order valence-electron chi connectivity index (χ1n) is 6.98. The van der Waals surface area contributed by atoms with Crippen LogP contribution in [0.5, 0.6) is 0 Å². The summed E-state index contributed by atoms with van der Waals surface area (Å²) in [6.45, 7) is 1.53. The van der Waals surface area contributed by atoms with Gasteiger partial charge in [-0.25, -0.2) is 0 Å². The fraction of sp³-hybridized carbons (Fsp3) is 0.846. The Hall–Kier alpha value is -1.00. The lowest BCUT2D eigenvalue weighted by Gasteiger charge is -2.28. The molecule has 0 radical (unpaired) electrons. The minimum atomic E-state index is -2.68. The van der Waals surface area contributed by atoms with Gasteiger partial charge in [0.2, 0.25) is 0 Å². The van der Waals surface area contributed by atoms with Crippen LogP contribution in [0.3, 0.4) is 0 Å². The Kier molecular flexibility index (Phi) is 11.0. The first-order chi connectivity index (χ1) is 10.5. The van der Waals surface area contributed by atoms with Crippen molar-refractivity contribution in [2.24, 2.45) is 0 Å². The molecule has 8 nitrogen and oxygen atoms in total. The largest absolute Gasteiger partial charge is 0.501 e. The van der Waals surface area contributed by atoms with Crippen molar-refractivity contribution in [2.75, 3.05) is 55.2 Å². The fourth-order valence-electron chi connectivity index (χ4n) is 1.89. The molecule has 0 saturated carbocycles. The quantitative estimate of drug-likeness (QED) is 0.371. The summed E-state index contributed by atoms with van der Waals surface area (Å²) in [7, 11) is 4.66. The monoisotopic (exact) mass is 337 g/mol. The highest BCUT2D eigenvalue weighted by molar-refractivity contribution is 6.60.